The Morgan fingerprint density at radius 1 is 1.20 bits per heavy atom. The van der Waals surface area contributed by atoms with E-state index in [9.17, 15) is 18.0 Å². The minimum Gasteiger partial charge on any atom is -0.369 e. The predicted octanol–water partition coefficient (Wildman–Crippen LogP) is 2.22. The zero-order valence-corrected chi connectivity index (χ0v) is 17.9. The Hall–Kier alpha value is -2.94. The van der Waals surface area contributed by atoms with E-state index in [0.29, 0.717) is 18.1 Å². The maximum atomic E-state index is 12.7. The molecule has 3 rings (SSSR count). The average molecular weight is 431 g/mol. The summed E-state index contributed by atoms with van der Waals surface area (Å²) in [5.74, 6) is -0.323. The first kappa shape index (κ1) is 21.8. The van der Waals surface area contributed by atoms with E-state index in [-0.39, 0.29) is 22.3 Å². The second-order valence-corrected chi connectivity index (χ2v) is 10.1. The Bertz CT molecular complexity index is 1040. The van der Waals surface area contributed by atoms with Gasteiger partial charge in [-0.2, -0.15) is 0 Å². The number of nitrogens with zero attached hydrogens (tertiary/aromatic N) is 2. The fourth-order valence-electron chi connectivity index (χ4n) is 3.42. The summed E-state index contributed by atoms with van der Waals surface area (Å²) in [6.07, 6.45) is 3.15. The van der Waals surface area contributed by atoms with Gasteiger partial charge in [0.1, 0.15) is 5.82 Å². The van der Waals surface area contributed by atoms with Crippen LogP contribution >= 0.6 is 0 Å². The molecule has 0 saturated carbocycles. The molecule has 2 amide bonds. The van der Waals surface area contributed by atoms with Crippen molar-refractivity contribution in [1.29, 1.82) is 0 Å². The first-order valence-electron chi connectivity index (χ1n) is 9.84. The van der Waals surface area contributed by atoms with Crippen LogP contribution in [0.15, 0.2) is 47.5 Å². The van der Waals surface area contributed by atoms with E-state index in [1.807, 2.05) is 4.90 Å². The van der Waals surface area contributed by atoms with Gasteiger partial charge in [0.2, 0.25) is 5.91 Å². The van der Waals surface area contributed by atoms with Crippen LogP contribution < -0.4 is 16.0 Å². The van der Waals surface area contributed by atoms with Crippen molar-refractivity contribution < 1.29 is 18.0 Å². The number of hydrogen-bond acceptors (Lipinski definition) is 6. The zero-order chi connectivity index (χ0) is 21.9. The summed E-state index contributed by atoms with van der Waals surface area (Å²) in [4.78, 5) is 30.6. The van der Waals surface area contributed by atoms with Crippen LogP contribution in [-0.2, 0) is 14.6 Å². The Kier molecular flexibility index (Phi) is 6.40. The molecule has 0 radical (unpaired) electrons. The Morgan fingerprint density at radius 3 is 2.57 bits per heavy atom. The number of amides is 2. The molecule has 2 aromatic rings. The molecule has 1 aromatic heterocycles. The predicted molar refractivity (Wildman–Crippen MR) is 115 cm³/mol. The van der Waals surface area contributed by atoms with Crippen molar-refractivity contribution in [3.8, 4) is 0 Å². The molecule has 0 aliphatic carbocycles. The molecule has 1 aliphatic rings. The maximum Gasteiger partial charge on any atom is 0.257 e. The largest absolute Gasteiger partial charge is 0.369 e. The molecule has 2 heterocycles. The summed E-state index contributed by atoms with van der Waals surface area (Å²) in [5, 5.41) is 2.07. The summed E-state index contributed by atoms with van der Waals surface area (Å²) in [6, 6.07) is 9.62. The molecule has 160 valence electrons. The quantitative estimate of drug-likeness (QED) is 0.724. The first-order valence-corrected chi connectivity index (χ1v) is 11.4. The van der Waals surface area contributed by atoms with E-state index in [4.69, 9.17) is 5.73 Å². The highest BCUT2D eigenvalue weighted by molar-refractivity contribution is 7.92. The number of primary amides is 1. The lowest BCUT2D eigenvalue weighted by Crippen LogP contribution is -2.41. The van der Waals surface area contributed by atoms with Gasteiger partial charge in [0.25, 0.3) is 5.91 Å². The lowest BCUT2D eigenvalue weighted by Gasteiger charge is -2.32. The zero-order valence-electron chi connectivity index (χ0n) is 17.0. The van der Waals surface area contributed by atoms with Gasteiger partial charge in [-0.15, -0.1) is 0 Å². The molecule has 1 saturated heterocycles. The Balaban J connectivity index is 1.76. The third-order valence-corrected chi connectivity index (χ3v) is 7.42. The lowest BCUT2D eigenvalue weighted by atomic mass is 9.97. The Morgan fingerprint density at radius 2 is 1.93 bits per heavy atom. The number of carbonyl (C=O) groups excluding carboxylic acids is 2. The molecule has 3 N–H and O–H groups in total. The van der Waals surface area contributed by atoms with Crippen LogP contribution in [0.25, 0.3) is 0 Å². The monoisotopic (exact) mass is 430 g/mol. The maximum absolute atomic E-state index is 12.7. The molecule has 1 aliphatic heterocycles. The molecular formula is C21H26N4O4S. The normalized spacial score (nSPS) is 17.0. The minimum absolute atomic E-state index is 0.00731. The number of hydrogen-bond donors (Lipinski definition) is 2. The molecule has 1 atom stereocenters. The van der Waals surface area contributed by atoms with E-state index in [2.05, 4.69) is 10.3 Å². The van der Waals surface area contributed by atoms with Crippen molar-refractivity contribution in [2.45, 2.75) is 36.8 Å². The summed E-state index contributed by atoms with van der Waals surface area (Å²) in [7, 11) is -3.60. The average Bonchev–Trinajstić information content (AvgIpc) is 2.74. The summed E-state index contributed by atoms with van der Waals surface area (Å²) >= 11 is 0. The molecular weight excluding hydrogens is 404 g/mol. The number of nitrogens with one attached hydrogen (secondary N) is 1. The minimum atomic E-state index is -3.60. The fraction of sp³-hybridized carbons (Fsp3) is 0.381. The number of sulfone groups is 1. The van der Waals surface area contributed by atoms with E-state index in [1.165, 1.54) is 18.3 Å². The van der Waals surface area contributed by atoms with E-state index >= 15 is 0 Å². The summed E-state index contributed by atoms with van der Waals surface area (Å²) in [5.41, 5.74) is 5.97. The van der Waals surface area contributed by atoms with Gasteiger partial charge in [-0.1, -0.05) is 12.1 Å². The highest BCUT2D eigenvalue weighted by Crippen LogP contribution is 2.24. The Labute approximate surface area is 176 Å². The highest BCUT2D eigenvalue weighted by Gasteiger charge is 2.26. The van der Waals surface area contributed by atoms with Gasteiger partial charge in [0, 0.05) is 13.1 Å². The third kappa shape index (κ3) is 4.62. The first-order chi connectivity index (χ1) is 14.2. The van der Waals surface area contributed by atoms with Gasteiger partial charge in [0.05, 0.1) is 33.5 Å². The number of piperidine rings is 1. The van der Waals surface area contributed by atoms with Gasteiger partial charge >= 0.3 is 0 Å². The summed E-state index contributed by atoms with van der Waals surface area (Å²) < 4.78 is 25.1. The number of rotatable bonds is 6. The molecule has 0 bridgehead atoms. The number of carbonyl (C=O) groups is 2. The molecule has 1 fully saturated rings. The molecule has 1 aromatic carbocycles. The van der Waals surface area contributed by atoms with Crippen molar-refractivity contribution in [2.75, 3.05) is 23.3 Å². The van der Waals surface area contributed by atoms with E-state index < -0.39 is 21.0 Å². The number of pyridine rings is 1. The van der Waals surface area contributed by atoms with Crippen molar-refractivity contribution in [2.24, 2.45) is 11.7 Å². The standard InChI is InChI=1S/C21H26N4O4S/c1-14(2)30(28,29)18-8-4-3-7-17(18)21(27)24-16-9-10-19(23-12-16)25-11-5-6-15(13-25)20(22)26/h3-4,7-10,12,14-15H,5-6,11,13H2,1-2H3,(H2,22,26)(H,24,27). The third-order valence-electron chi connectivity index (χ3n) is 5.21. The second-order valence-electron chi connectivity index (χ2n) is 7.64. The van der Waals surface area contributed by atoms with Gasteiger partial charge < -0.3 is 16.0 Å². The molecule has 9 heteroatoms. The van der Waals surface area contributed by atoms with Crippen LogP contribution in [-0.4, -0.2) is 43.6 Å². The smallest absolute Gasteiger partial charge is 0.257 e. The van der Waals surface area contributed by atoms with Crippen LogP contribution in [0, 0.1) is 5.92 Å². The van der Waals surface area contributed by atoms with E-state index in [1.54, 1.807) is 38.1 Å². The number of benzene rings is 1. The van der Waals surface area contributed by atoms with Crippen molar-refractivity contribution in [1.82, 2.24) is 4.98 Å². The SMILES string of the molecule is CC(C)S(=O)(=O)c1ccccc1C(=O)Nc1ccc(N2CCCC(C(N)=O)C2)nc1. The van der Waals surface area contributed by atoms with Crippen LogP contribution in [0.5, 0.6) is 0 Å². The number of nitrogens with two attached hydrogens (primary N) is 1. The fourth-order valence-corrected chi connectivity index (χ4v) is 4.66. The number of aromatic nitrogens is 1. The number of anilines is 2. The van der Waals surface area contributed by atoms with Crippen molar-refractivity contribution in [3.05, 3.63) is 48.2 Å². The van der Waals surface area contributed by atoms with Gasteiger partial charge in [-0.05, 0) is 51.0 Å². The highest BCUT2D eigenvalue weighted by atomic mass is 32.2. The molecule has 30 heavy (non-hydrogen) atoms. The molecule has 1 unspecified atom stereocenters. The van der Waals surface area contributed by atoms with Crippen molar-refractivity contribution in [3.63, 3.8) is 0 Å². The van der Waals surface area contributed by atoms with Gasteiger partial charge in [-0.25, -0.2) is 13.4 Å². The summed E-state index contributed by atoms with van der Waals surface area (Å²) in [6.45, 7) is 4.46. The van der Waals surface area contributed by atoms with Crippen LogP contribution in [0.2, 0.25) is 0 Å². The van der Waals surface area contributed by atoms with Crippen molar-refractivity contribution >= 4 is 33.2 Å². The van der Waals surface area contributed by atoms with Crippen LogP contribution in [0.3, 0.4) is 0 Å². The van der Waals surface area contributed by atoms with Gasteiger partial charge in [-0.3, -0.25) is 9.59 Å². The van der Waals surface area contributed by atoms with Crippen LogP contribution in [0.1, 0.15) is 37.0 Å². The van der Waals surface area contributed by atoms with Crippen LogP contribution in [0.4, 0.5) is 11.5 Å². The molecule has 0 spiro atoms. The topological polar surface area (TPSA) is 122 Å². The van der Waals surface area contributed by atoms with E-state index in [0.717, 1.165) is 19.4 Å². The van der Waals surface area contributed by atoms with Gasteiger partial charge in [0.15, 0.2) is 9.84 Å². The second kappa shape index (κ2) is 8.83. The molecule has 8 nitrogen and oxygen atoms in total. The lowest BCUT2D eigenvalue weighted by molar-refractivity contribution is -0.122.